The first-order chi connectivity index (χ1) is 45.1. The second kappa shape index (κ2) is 29.0. The van der Waals surface area contributed by atoms with E-state index >= 15 is 0 Å². The number of rotatable bonds is 27. The molecule has 4 aliphatic rings. The maximum Gasteiger partial charge on any atom is 0.435 e. The molecule has 7 aromatic rings. The van der Waals surface area contributed by atoms with Gasteiger partial charge in [0.25, 0.3) is 5.91 Å². The molecule has 0 aliphatic carbocycles. The summed E-state index contributed by atoms with van der Waals surface area (Å²) in [4.78, 5) is 91.0. The molecular formula is C68H79F3N12O10S. The highest BCUT2D eigenvalue weighted by Gasteiger charge is 2.46. The van der Waals surface area contributed by atoms with Gasteiger partial charge in [0.2, 0.25) is 17.7 Å². The molecule has 0 radical (unpaired) electrons. The Bertz CT molecular complexity index is 3920. The van der Waals surface area contributed by atoms with Crippen LogP contribution >= 0.6 is 11.3 Å². The lowest BCUT2D eigenvalue weighted by Crippen LogP contribution is -2.60. The second-order valence-corrected chi connectivity index (χ2v) is 25.7. The van der Waals surface area contributed by atoms with Crippen LogP contribution in [0.5, 0.6) is 11.5 Å². The molecule has 4 amide bonds. The number of carbonyl (C=O) groups excluding carboxylic acids is 5. The maximum absolute atomic E-state index is 14.5. The van der Waals surface area contributed by atoms with Gasteiger partial charge in [0.1, 0.15) is 41.8 Å². The molecule has 498 valence electrons. The molecule has 0 unspecified atom stereocenters. The number of aliphatic hydroxyl groups is 1. The molecule has 0 bridgehead atoms. The van der Waals surface area contributed by atoms with E-state index in [1.807, 2.05) is 93.6 Å². The number of amides is 4. The molecule has 3 N–H and O–H groups in total. The zero-order valence-electron chi connectivity index (χ0n) is 53.8. The minimum atomic E-state index is -4.75. The fourth-order valence-corrected chi connectivity index (χ4v) is 13.5. The van der Waals surface area contributed by atoms with E-state index in [2.05, 4.69) is 30.6 Å². The van der Waals surface area contributed by atoms with Gasteiger partial charge in [-0.1, -0.05) is 44.2 Å². The summed E-state index contributed by atoms with van der Waals surface area (Å²) in [6, 6.07) is 18.6. The summed E-state index contributed by atoms with van der Waals surface area (Å²) in [6.07, 6.45) is -0.585. The molecule has 4 atom stereocenters. The first-order valence-electron chi connectivity index (χ1n) is 31.7. The number of likely N-dealkylation sites (N-methyl/N-ethyl adjacent to an activating group) is 1. The number of hydrogen-bond acceptors (Lipinski definition) is 17. The number of hydrogen-bond donors (Lipinski definition) is 3. The lowest BCUT2D eigenvalue weighted by atomic mass is 9.87. The second-order valence-electron chi connectivity index (χ2n) is 24.8. The minimum Gasteiger partial charge on any atom is -0.491 e. The van der Waals surface area contributed by atoms with Gasteiger partial charge in [-0.2, -0.15) is 18.3 Å². The molecule has 11 rings (SSSR count). The Hall–Kier alpha value is -8.56. The Kier molecular flexibility index (Phi) is 20.6. The number of β-amino-alcohol motifs (C(OH)–C–C–N with tert-alkyl or cyclic N) is 1. The van der Waals surface area contributed by atoms with E-state index in [4.69, 9.17) is 23.9 Å². The number of carbonyl (C=O) groups is 5. The van der Waals surface area contributed by atoms with Crippen LogP contribution in [-0.4, -0.2) is 182 Å². The fraction of sp³-hybridized carbons (Fsp3) is 0.456. The summed E-state index contributed by atoms with van der Waals surface area (Å²) in [5, 5.41) is 20.6. The molecule has 0 spiro atoms. The number of imidazole rings is 1. The van der Waals surface area contributed by atoms with Crippen molar-refractivity contribution in [1.82, 2.24) is 54.6 Å². The molecule has 4 aromatic heterocycles. The Morgan fingerprint density at radius 3 is 2.39 bits per heavy atom. The van der Waals surface area contributed by atoms with Gasteiger partial charge in [-0.05, 0) is 99.3 Å². The van der Waals surface area contributed by atoms with Gasteiger partial charge in [0.15, 0.2) is 11.5 Å². The lowest BCUT2D eigenvalue weighted by molar-refractivity contribution is -0.143. The molecule has 8 heterocycles. The minimum absolute atomic E-state index is 0.0285. The first-order valence-corrected chi connectivity index (χ1v) is 32.6. The van der Waals surface area contributed by atoms with E-state index in [1.165, 1.54) is 27.1 Å². The Morgan fingerprint density at radius 1 is 0.904 bits per heavy atom. The van der Waals surface area contributed by atoms with Gasteiger partial charge >= 0.3 is 6.18 Å². The largest absolute Gasteiger partial charge is 0.491 e. The van der Waals surface area contributed by atoms with Crippen LogP contribution < -0.4 is 25.0 Å². The van der Waals surface area contributed by atoms with Crippen molar-refractivity contribution in [2.75, 3.05) is 84.3 Å². The third kappa shape index (κ3) is 15.0. The molecule has 4 aliphatic heterocycles. The lowest BCUT2D eigenvalue weighted by Gasteiger charge is -2.44. The predicted molar refractivity (Wildman–Crippen MR) is 344 cm³/mol. The molecule has 3 aromatic carbocycles. The zero-order valence-corrected chi connectivity index (χ0v) is 54.6. The summed E-state index contributed by atoms with van der Waals surface area (Å²) in [7, 11) is 1.90. The van der Waals surface area contributed by atoms with Crippen molar-refractivity contribution >= 4 is 46.6 Å². The number of ketones is 1. The van der Waals surface area contributed by atoms with Crippen LogP contribution in [0.25, 0.3) is 21.6 Å². The normalized spacial score (nSPS) is 17.6. The third-order valence-electron chi connectivity index (χ3n) is 17.7. The van der Waals surface area contributed by atoms with Crippen molar-refractivity contribution in [3.05, 3.63) is 147 Å². The monoisotopic (exact) mass is 1310 g/mol. The summed E-state index contributed by atoms with van der Waals surface area (Å²) >= 11 is 1.50. The number of ether oxygens (including phenoxy) is 4. The topological polar surface area (TPSA) is 241 Å². The van der Waals surface area contributed by atoms with Crippen molar-refractivity contribution in [2.45, 2.75) is 111 Å². The quantitative estimate of drug-likeness (QED) is 0.0427. The number of pyridine rings is 1. The number of alkyl halides is 3. The smallest absolute Gasteiger partial charge is 0.435 e. The predicted octanol–water partition coefficient (Wildman–Crippen LogP) is 7.32. The van der Waals surface area contributed by atoms with Crippen molar-refractivity contribution < 1.29 is 61.2 Å². The van der Waals surface area contributed by atoms with E-state index in [-0.39, 0.29) is 150 Å². The van der Waals surface area contributed by atoms with Gasteiger partial charge in [-0.15, -0.1) is 11.3 Å². The number of aryl methyl sites for hydroxylation is 4. The maximum atomic E-state index is 14.5. The van der Waals surface area contributed by atoms with Crippen LogP contribution in [0.4, 0.5) is 19.0 Å². The van der Waals surface area contributed by atoms with Crippen LogP contribution in [0.3, 0.4) is 0 Å². The van der Waals surface area contributed by atoms with E-state index in [9.17, 15) is 42.3 Å². The first kappa shape index (κ1) is 66.9. The fourth-order valence-electron chi connectivity index (χ4n) is 12.7. The highest BCUT2D eigenvalue weighted by molar-refractivity contribution is 7.13. The number of aliphatic hydroxyl groups excluding tert-OH is 1. The zero-order chi connectivity index (χ0) is 66.5. The molecular weight excluding hydrogens is 1230 g/mol. The van der Waals surface area contributed by atoms with Gasteiger partial charge in [-0.25, -0.2) is 15.0 Å². The van der Waals surface area contributed by atoms with E-state index in [0.717, 1.165) is 33.1 Å². The molecule has 0 saturated carbocycles. The van der Waals surface area contributed by atoms with Gasteiger partial charge in [0, 0.05) is 118 Å². The number of aromatic nitrogens is 6. The van der Waals surface area contributed by atoms with Crippen LogP contribution in [0.2, 0.25) is 0 Å². The number of thiazole rings is 1. The number of benzene rings is 3. The van der Waals surface area contributed by atoms with Crippen LogP contribution in [-0.2, 0) is 62.6 Å². The van der Waals surface area contributed by atoms with Gasteiger partial charge in [-0.3, -0.25) is 33.6 Å². The van der Waals surface area contributed by atoms with Crippen LogP contribution in [0, 0.1) is 32.6 Å². The van der Waals surface area contributed by atoms with Crippen molar-refractivity contribution in [3.8, 4) is 33.1 Å². The molecule has 26 heteroatoms. The summed E-state index contributed by atoms with van der Waals surface area (Å²) in [6.45, 7) is 14.9. The number of fused-ring (bicyclic) bond motifs is 2. The average molecular weight is 1310 g/mol. The summed E-state index contributed by atoms with van der Waals surface area (Å²) < 4.78 is 70.6. The van der Waals surface area contributed by atoms with Crippen LogP contribution in [0.15, 0.2) is 90.8 Å². The number of nitrogens with one attached hydrogen (secondary N) is 2. The van der Waals surface area contributed by atoms with E-state index < -0.39 is 41.9 Å². The van der Waals surface area contributed by atoms with Crippen molar-refractivity contribution in [3.63, 3.8) is 0 Å². The molecule has 2 fully saturated rings. The number of likely N-dealkylation sites (tertiary alicyclic amines) is 1. The number of nitrogens with zero attached hydrogens (tertiary/aromatic N) is 10. The highest BCUT2D eigenvalue weighted by Crippen LogP contribution is 2.45. The Balaban J connectivity index is 0.608. The average Bonchev–Trinajstić information content (AvgIpc) is 0.861. The van der Waals surface area contributed by atoms with E-state index in [0.29, 0.717) is 53.6 Å². The Labute approximate surface area is 547 Å². The van der Waals surface area contributed by atoms with Gasteiger partial charge in [0.05, 0.1) is 73.2 Å². The Morgan fingerprint density at radius 2 is 1.67 bits per heavy atom. The summed E-state index contributed by atoms with van der Waals surface area (Å²) in [5.41, 5.74) is 7.02. The molecule has 94 heavy (non-hydrogen) atoms. The standard InChI is InChI=1S/C68H79F3N12O10S/c1-8-81-36-55(64(77-81)68(69,70)71)53-25-44(31-79-17-15-72-43(79)6)26-54-61(86)48(38-93-62(53)54)27-49-23-41(4)24-58(76-49)80-33-50(34-80)78(7)37-59(85)73-16-18-90-19-20-91-21-22-92-57-28-45(63-42(5)75-39-94-63)13-14-46(57)30-74-65(87)56-29-51(84)35-82(56)67(89)60(40(2)3)83-32-47-11-9-10-12-52(47)66(83)88/h9-15,17,23-26,28,36,39-40,48,50-51,56,60,84H,8,16,18-22,27,29-35,37-38H2,1-7H3,(H,73,85)(H,74,87)/t48-,51-,56+,60+/m1/s1. The summed E-state index contributed by atoms with van der Waals surface area (Å²) in [5.74, 6) is -0.259. The SMILES string of the molecule is CCn1cc(-c2cc(Cn3ccnc3C)cc3c2OC[C@@H](Cc2cc(C)cc(N4CC(N(C)CC(=O)NCCOCCOCCOc5cc(-c6scnc6C)ccc5CNC(=O)[C@@H]5C[C@@H](O)CN5C(=O)[C@H](C(C)C)N5Cc6ccccc6C5=O)C4)n2)C3=O)c(C(F)(F)F)n1. The van der Waals surface area contributed by atoms with Crippen molar-refractivity contribution in [1.29, 1.82) is 0 Å². The number of halogens is 3. The van der Waals surface area contributed by atoms with Crippen LogP contribution in [0.1, 0.15) is 93.1 Å². The number of anilines is 1. The van der Waals surface area contributed by atoms with Crippen molar-refractivity contribution in [2.24, 2.45) is 11.8 Å². The third-order valence-corrected chi connectivity index (χ3v) is 18.7. The van der Waals surface area contributed by atoms with Gasteiger partial charge < -0.3 is 54.0 Å². The number of Topliss-reactive ketones (excluding diaryl/α,β-unsaturated/α-hetero) is 1. The highest BCUT2D eigenvalue weighted by atomic mass is 32.1. The molecule has 22 nitrogen and oxygen atoms in total. The molecule has 2 saturated heterocycles. The van der Waals surface area contributed by atoms with E-state index in [1.54, 1.807) is 54.0 Å².